The maximum Gasteiger partial charge on any atom is 0.251 e. The first-order valence-electron chi connectivity index (χ1n) is 8.91. The van der Waals surface area contributed by atoms with E-state index in [0.29, 0.717) is 12.2 Å². The molecular weight excluding hydrogens is 326 g/mol. The van der Waals surface area contributed by atoms with Crippen molar-refractivity contribution in [3.8, 4) is 17.0 Å². The van der Waals surface area contributed by atoms with E-state index in [9.17, 15) is 4.79 Å². The van der Waals surface area contributed by atoms with Crippen molar-refractivity contribution in [1.29, 1.82) is 0 Å². The number of rotatable bonds is 5. The molecule has 0 spiro atoms. The molecule has 3 aromatic rings. The van der Waals surface area contributed by atoms with Crippen molar-refractivity contribution in [2.24, 2.45) is 0 Å². The van der Waals surface area contributed by atoms with Crippen molar-refractivity contribution in [3.63, 3.8) is 0 Å². The molecule has 1 aliphatic heterocycles. The molecular formula is C21H21N3O2. The average Bonchev–Trinajstić information content (AvgIpc) is 3.35. The van der Waals surface area contributed by atoms with E-state index in [1.165, 1.54) is 0 Å². The normalized spacial score (nSPS) is 13.7. The number of aromatic nitrogens is 2. The minimum Gasteiger partial charge on any atom is -0.493 e. The lowest BCUT2D eigenvalue weighted by molar-refractivity contribution is 0.0934. The number of nitrogens with one attached hydrogen (secondary N) is 2. The van der Waals surface area contributed by atoms with Crippen molar-refractivity contribution in [2.75, 3.05) is 6.61 Å². The summed E-state index contributed by atoms with van der Waals surface area (Å²) < 4.78 is 5.50. The minimum absolute atomic E-state index is 0.0933. The van der Waals surface area contributed by atoms with Gasteiger partial charge in [-0.05, 0) is 35.7 Å². The Morgan fingerprint density at radius 2 is 2.12 bits per heavy atom. The highest BCUT2D eigenvalue weighted by atomic mass is 16.5. The second kappa shape index (κ2) is 7.04. The molecule has 1 amide bonds. The summed E-state index contributed by atoms with van der Waals surface area (Å²) in [7, 11) is 0. The van der Waals surface area contributed by atoms with Crippen molar-refractivity contribution >= 4 is 5.91 Å². The number of hydrogen-bond donors (Lipinski definition) is 2. The standard InChI is InChI=1S/C21H21N3O2/c1-2-17(20-22-13-18(23-20)14-6-4-3-5-7-14)24-21(25)16-8-9-19-15(12-16)10-11-26-19/h3-9,12-13,17H,2,10-11H2,1H3,(H,22,23)(H,24,25). The second-order valence-corrected chi connectivity index (χ2v) is 6.40. The first-order chi connectivity index (χ1) is 12.7. The summed E-state index contributed by atoms with van der Waals surface area (Å²) in [5, 5.41) is 3.08. The smallest absolute Gasteiger partial charge is 0.251 e. The van der Waals surface area contributed by atoms with Gasteiger partial charge in [-0.15, -0.1) is 0 Å². The second-order valence-electron chi connectivity index (χ2n) is 6.40. The maximum atomic E-state index is 12.7. The Morgan fingerprint density at radius 3 is 2.92 bits per heavy atom. The van der Waals surface area contributed by atoms with Crippen LogP contribution in [0, 0.1) is 0 Å². The molecule has 5 nitrogen and oxygen atoms in total. The number of fused-ring (bicyclic) bond motifs is 1. The summed E-state index contributed by atoms with van der Waals surface area (Å²) in [5.74, 6) is 1.56. The van der Waals surface area contributed by atoms with E-state index >= 15 is 0 Å². The third kappa shape index (κ3) is 3.20. The maximum absolute atomic E-state index is 12.7. The van der Waals surface area contributed by atoms with Crippen molar-refractivity contribution in [3.05, 3.63) is 71.7 Å². The Kier molecular flexibility index (Phi) is 4.44. The number of H-pyrrole nitrogens is 1. The molecule has 0 saturated carbocycles. The van der Waals surface area contributed by atoms with Crippen LogP contribution in [0.4, 0.5) is 0 Å². The number of imidazole rings is 1. The molecule has 0 aliphatic carbocycles. The van der Waals surface area contributed by atoms with Crippen LogP contribution in [0.15, 0.2) is 54.7 Å². The zero-order chi connectivity index (χ0) is 17.9. The highest BCUT2D eigenvalue weighted by Crippen LogP contribution is 2.26. The molecule has 26 heavy (non-hydrogen) atoms. The van der Waals surface area contributed by atoms with Crippen LogP contribution < -0.4 is 10.1 Å². The monoisotopic (exact) mass is 347 g/mol. The Balaban J connectivity index is 1.51. The molecule has 4 rings (SSSR count). The number of carbonyl (C=O) groups excluding carboxylic acids is 1. The molecule has 132 valence electrons. The van der Waals surface area contributed by atoms with Crippen LogP contribution >= 0.6 is 0 Å². The highest BCUT2D eigenvalue weighted by molar-refractivity contribution is 5.94. The van der Waals surface area contributed by atoms with Gasteiger partial charge >= 0.3 is 0 Å². The van der Waals surface area contributed by atoms with Gasteiger partial charge in [0.2, 0.25) is 0 Å². The SMILES string of the molecule is CCC(NC(=O)c1ccc2c(c1)CCO2)c1ncc(-c2ccccc2)[nH]1. The van der Waals surface area contributed by atoms with Gasteiger partial charge in [-0.25, -0.2) is 4.98 Å². The lowest BCUT2D eigenvalue weighted by Crippen LogP contribution is -2.29. The van der Waals surface area contributed by atoms with Gasteiger partial charge in [0.1, 0.15) is 11.6 Å². The molecule has 5 heteroatoms. The first kappa shape index (κ1) is 16.4. The number of carbonyl (C=O) groups is 1. The topological polar surface area (TPSA) is 67.0 Å². The van der Waals surface area contributed by atoms with Crippen molar-refractivity contribution in [2.45, 2.75) is 25.8 Å². The predicted octanol–water partition coefficient (Wildman–Crippen LogP) is 3.89. The van der Waals surface area contributed by atoms with Crippen LogP contribution in [0.25, 0.3) is 11.3 Å². The number of amides is 1. The van der Waals surface area contributed by atoms with Gasteiger partial charge in [0, 0.05) is 12.0 Å². The van der Waals surface area contributed by atoms with Crippen LogP contribution in [-0.4, -0.2) is 22.5 Å². The number of hydrogen-bond acceptors (Lipinski definition) is 3. The summed E-state index contributed by atoms with van der Waals surface area (Å²) >= 11 is 0. The summed E-state index contributed by atoms with van der Waals surface area (Å²) in [4.78, 5) is 20.5. The van der Waals surface area contributed by atoms with E-state index in [4.69, 9.17) is 4.74 Å². The summed E-state index contributed by atoms with van der Waals surface area (Å²) in [6.07, 6.45) is 3.42. The molecule has 2 heterocycles. The van der Waals surface area contributed by atoms with E-state index in [-0.39, 0.29) is 11.9 Å². The van der Waals surface area contributed by atoms with Gasteiger partial charge in [-0.1, -0.05) is 37.3 Å². The molecule has 0 radical (unpaired) electrons. The Morgan fingerprint density at radius 1 is 1.27 bits per heavy atom. The third-order valence-corrected chi connectivity index (χ3v) is 4.68. The zero-order valence-electron chi connectivity index (χ0n) is 14.7. The third-order valence-electron chi connectivity index (χ3n) is 4.68. The number of benzene rings is 2. The van der Waals surface area contributed by atoms with Crippen LogP contribution in [0.2, 0.25) is 0 Å². The fourth-order valence-corrected chi connectivity index (χ4v) is 3.21. The Labute approximate surface area is 152 Å². The van der Waals surface area contributed by atoms with Crippen molar-refractivity contribution in [1.82, 2.24) is 15.3 Å². The molecule has 1 aliphatic rings. The lowest BCUT2D eigenvalue weighted by atomic mass is 10.1. The lowest BCUT2D eigenvalue weighted by Gasteiger charge is -2.15. The van der Waals surface area contributed by atoms with Gasteiger partial charge in [0.05, 0.1) is 24.5 Å². The number of aromatic amines is 1. The van der Waals surface area contributed by atoms with Gasteiger partial charge < -0.3 is 15.0 Å². The fraction of sp³-hybridized carbons (Fsp3) is 0.238. The predicted molar refractivity (Wildman–Crippen MR) is 100 cm³/mol. The van der Waals surface area contributed by atoms with Gasteiger partial charge in [-0.3, -0.25) is 4.79 Å². The molecule has 0 bridgehead atoms. The number of ether oxygens (including phenoxy) is 1. The van der Waals surface area contributed by atoms with Crippen LogP contribution in [0.5, 0.6) is 5.75 Å². The summed E-state index contributed by atoms with van der Waals surface area (Å²) in [6.45, 7) is 2.72. The van der Waals surface area contributed by atoms with Crippen LogP contribution in [-0.2, 0) is 6.42 Å². The largest absolute Gasteiger partial charge is 0.493 e. The van der Waals surface area contributed by atoms with E-state index < -0.39 is 0 Å². The van der Waals surface area contributed by atoms with Crippen molar-refractivity contribution < 1.29 is 9.53 Å². The first-order valence-corrected chi connectivity index (χ1v) is 8.91. The molecule has 2 N–H and O–H groups in total. The molecule has 0 saturated heterocycles. The highest BCUT2D eigenvalue weighted by Gasteiger charge is 2.19. The van der Waals surface area contributed by atoms with Gasteiger partial charge in [-0.2, -0.15) is 0 Å². The Bertz CT molecular complexity index is 918. The van der Waals surface area contributed by atoms with Gasteiger partial charge in [0.15, 0.2) is 0 Å². The summed E-state index contributed by atoms with van der Waals surface area (Å²) in [6, 6.07) is 15.5. The molecule has 1 unspecified atom stereocenters. The fourth-order valence-electron chi connectivity index (χ4n) is 3.21. The van der Waals surface area contributed by atoms with E-state index in [2.05, 4.69) is 15.3 Å². The summed E-state index contributed by atoms with van der Waals surface area (Å²) in [5.41, 5.74) is 3.77. The quantitative estimate of drug-likeness (QED) is 0.736. The molecule has 1 atom stereocenters. The van der Waals surface area contributed by atoms with E-state index in [0.717, 1.165) is 41.2 Å². The number of nitrogens with zero attached hydrogens (tertiary/aromatic N) is 1. The van der Waals surface area contributed by atoms with Crippen LogP contribution in [0.1, 0.15) is 41.1 Å². The van der Waals surface area contributed by atoms with E-state index in [1.54, 1.807) is 0 Å². The zero-order valence-corrected chi connectivity index (χ0v) is 14.7. The van der Waals surface area contributed by atoms with E-state index in [1.807, 2.05) is 61.7 Å². The van der Waals surface area contributed by atoms with Gasteiger partial charge in [0.25, 0.3) is 5.91 Å². The van der Waals surface area contributed by atoms with Crippen LogP contribution in [0.3, 0.4) is 0 Å². The molecule has 2 aromatic carbocycles. The Hall–Kier alpha value is -3.08. The minimum atomic E-state index is -0.163. The average molecular weight is 347 g/mol. The molecule has 1 aromatic heterocycles. The molecule has 0 fully saturated rings.